The first-order valence-corrected chi connectivity index (χ1v) is 15.2. The molecule has 1 saturated heterocycles. The van der Waals surface area contributed by atoms with E-state index in [0.29, 0.717) is 62.9 Å². The predicted octanol–water partition coefficient (Wildman–Crippen LogP) is 4.36. The average molecular weight is 646 g/mol. The van der Waals surface area contributed by atoms with E-state index in [1.54, 1.807) is 30.2 Å². The fraction of sp³-hybridized carbons (Fsp3) is 0.516. The van der Waals surface area contributed by atoms with E-state index in [-0.39, 0.29) is 24.1 Å². The number of fused-ring (bicyclic) bond motifs is 1. The molecule has 0 radical (unpaired) electrons. The molecular formula is C31H38F3N7O5. The molecule has 1 atom stereocenters. The number of nitrogens with zero attached hydrogens (tertiary/aromatic N) is 6. The third-order valence-corrected chi connectivity index (χ3v) is 7.78. The number of carbonyl (C=O) groups is 2. The first kappa shape index (κ1) is 33.0. The van der Waals surface area contributed by atoms with Gasteiger partial charge in [-0.05, 0) is 70.4 Å². The van der Waals surface area contributed by atoms with E-state index >= 15 is 0 Å². The minimum atomic E-state index is -4.50. The molecule has 1 aromatic carbocycles. The maximum absolute atomic E-state index is 14.1. The number of anilines is 2. The number of carbonyl (C=O) groups excluding carboxylic acids is 2. The summed E-state index contributed by atoms with van der Waals surface area (Å²) in [5.74, 6) is -0.0143. The van der Waals surface area contributed by atoms with Crippen LogP contribution in [0.2, 0.25) is 0 Å². The van der Waals surface area contributed by atoms with Gasteiger partial charge in [-0.2, -0.15) is 22.7 Å². The minimum absolute atomic E-state index is 0.163. The minimum Gasteiger partial charge on any atom is -0.444 e. The molecule has 0 bridgehead atoms. The molecule has 1 N–H and O–H groups in total. The number of piperazine rings is 1. The molecule has 1 fully saturated rings. The highest BCUT2D eigenvalue weighted by atomic mass is 19.4. The van der Waals surface area contributed by atoms with Crippen molar-refractivity contribution in [3.63, 3.8) is 0 Å². The second kappa shape index (κ2) is 12.8. The number of nitrogens with one attached hydrogen (secondary N) is 1. The molecule has 46 heavy (non-hydrogen) atoms. The van der Waals surface area contributed by atoms with Crippen LogP contribution >= 0.6 is 0 Å². The van der Waals surface area contributed by atoms with Crippen LogP contribution in [0, 0.1) is 0 Å². The maximum atomic E-state index is 14.1. The van der Waals surface area contributed by atoms with Crippen LogP contribution in [0.15, 0.2) is 35.1 Å². The summed E-state index contributed by atoms with van der Waals surface area (Å²) in [4.78, 5) is 48.5. The van der Waals surface area contributed by atoms with Crippen molar-refractivity contribution in [2.75, 3.05) is 43.1 Å². The van der Waals surface area contributed by atoms with Gasteiger partial charge in [0.25, 0.3) is 5.56 Å². The Morgan fingerprint density at radius 3 is 2.43 bits per heavy atom. The molecule has 0 aliphatic carbocycles. The first-order valence-electron chi connectivity index (χ1n) is 15.2. The highest BCUT2D eigenvalue weighted by molar-refractivity contribution is 5.91. The second-order valence-electron chi connectivity index (χ2n) is 12.3. The molecule has 0 unspecified atom stereocenters. The van der Waals surface area contributed by atoms with Crippen LogP contribution in [0.4, 0.5) is 29.3 Å². The van der Waals surface area contributed by atoms with Crippen molar-refractivity contribution < 1.29 is 32.2 Å². The zero-order valence-electron chi connectivity index (χ0n) is 26.5. The summed E-state index contributed by atoms with van der Waals surface area (Å²) in [6.07, 6.45) is -2.18. The van der Waals surface area contributed by atoms with Gasteiger partial charge >= 0.3 is 12.3 Å². The van der Waals surface area contributed by atoms with E-state index in [1.807, 2.05) is 24.8 Å². The van der Waals surface area contributed by atoms with Gasteiger partial charge in [-0.25, -0.2) is 4.79 Å². The predicted molar refractivity (Wildman–Crippen MR) is 165 cm³/mol. The first-order chi connectivity index (χ1) is 21.7. The molecule has 2 aromatic heterocycles. The average Bonchev–Trinajstić information content (AvgIpc) is 3.44. The molecular weight excluding hydrogens is 607 g/mol. The molecule has 248 valence electrons. The van der Waals surface area contributed by atoms with Crippen molar-refractivity contribution in [1.82, 2.24) is 24.1 Å². The van der Waals surface area contributed by atoms with Gasteiger partial charge in [0.1, 0.15) is 17.8 Å². The molecule has 12 nitrogen and oxygen atoms in total. The molecule has 15 heteroatoms. The molecule has 3 aromatic rings. The van der Waals surface area contributed by atoms with E-state index in [1.165, 1.54) is 16.6 Å². The quantitative estimate of drug-likeness (QED) is 0.420. The molecule has 5 rings (SSSR count). The number of rotatable bonds is 6. The zero-order chi connectivity index (χ0) is 33.4. The van der Waals surface area contributed by atoms with Crippen molar-refractivity contribution in [1.29, 1.82) is 0 Å². The standard InChI is InChI=1S/C31H38F3N7O5/c1-6-23-25(38-13-14-39(19(2)17-38)29(44)46-30(3,4)5)27(43)41-28(36-26(37-41)20-11-15-45-16-12-20)40(23)18-24(42)35-22-9-7-21(8-10-22)31(32,33)34/h7-11,19H,6,12-18H2,1-5H3,(H,35,42)/t19-/m1/s1. The molecule has 0 spiro atoms. The van der Waals surface area contributed by atoms with E-state index in [0.717, 1.165) is 17.7 Å². The van der Waals surface area contributed by atoms with Gasteiger partial charge < -0.3 is 29.2 Å². The number of amides is 2. The summed E-state index contributed by atoms with van der Waals surface area (Å²) in [7, 11) is 0. The highest BCUT2D eigenvalue weighted by Gasteiger charge is 2.34. The fourth-order valence-electron chi connectivity index (χ4n) is 5.63. The lowest BCUT2D eigenvalue weighted by Crippen LogP contribution is -2.56. The molecule has 0 saturated carbocycles. The summed E-state index contributed by atoms with van der Waals surface area (Å²) < 4.78 is 52.9. The summed E-state index contributed by atoms with van der Waals surface area (Å²) in [5, 5.41) is 7.20. The fourth-order valence-corrected chi connectivity index (χ4v) is 5.63. The Labute approximate surface area is 263 Å². The van der Waals surface area contributed by atoms with Gasteiger partial charge in [0.2, 0.25) is 11.7 Å². The Morgan fingerprint density at radius 2 is 1.85 bits per heavy atom. The van der Waals surface area contributed by atoms with Crippen molar-refractivity contribution in [2.45, 2.75) is 71.8 Å². The largest absolute Gasteiger partial charge is 0.444 e. The number of ether oxygens (including phenoxy) is 2. The number of hydrogen-bond donors (Lipinski definition) is 1. The Hall–Kier alpha value is -4.40. The number of aromatic nitrogens is 4. The summed E-state index contributed by atoms with van der Waals surface area (Å²) in [5.41, 5.74) is -0.0126. The Morgan fingerprint density at radius 1 is 1.13 bits per heavy atom. The van der Waals surface area contributed by atoms with Crippen LogP contribution in [-0.2, 0) is 33.4 Å². The van der Waals surface area contributed by atoms with Gasteiger partial charge in [-0.15, -0.1) is 5.10 Å². The third-order valence-electron chi connectivity index (χ3n) is 7.78. The lowest BCUT2D eigenvalue weighted by molar-refractivity contribution is -0.137. The van der Waals surface area contributed by atoms with Crippen LogP contribution in [0.3, 0.4) is 0 Å². The summed E-state index contributed by atoms with van der Waals surface area (Å²) >= 11 is 0. The Kier molecular flexibility index (Phi) is 9.16. The van der Waals surface area contributed by atoms with E-state index < -0.39 is 34.9 Å². The van der Waals surface area contributed by atoms with Gasteiger partial charge in [0.05, 0.1) is 24.5 Å². The van der Waals surface area contributed by atoms with Crippen LogP contribution in [0.25, 0.3) is 11.4 Å². The maximum Gasteiger partial charge on any atom is 0.416 e. The zero-order valence-corrected chi connectivity index (χ0v) is 26.5. The van der Waals surface area contributed by atoms with Gasteiger partial charge in [0, 0.05) is 31.4 Å². The molecule has 4 heterocycles. The smallest absolute Gasteiger partial charge is 0.416 e. The lowest BCUT2D eigenvalue weighted by atomic mass is 10.1. The van der Waals surface area contributed by atoms with Gasteiger partial charge in [-0.3, -0.25) is 9.59 Å². The normalized spacial score (nSPS) is 17.7. The molecule has 2 aliphatic rings. The number of alkyl halides is 3. The van der Waals surface area contributed by atoms with E-state index in [2.05, 4.69) is 15.4 Å². The Balaban J connectivity index is 1.52. The Bertz CT molecular complexity index is 1710. The third kappa shape index (κ3) is 7.03. The van der Waals surface area contributed by atoms with Crippen molar-refractivity contribution in [3.8, 4) is 0 Å². The summed E-state index contributed by atoms with van der Waals surface area (Å²) in [6, 6.07) is 3.87. The summed E-state index contributed by atoms with van der Waals surface area (Å²) in [6.45, 7) is 10.7. The van der Waals surface area contributed by atoms with E-state index in [9.17, 15) is 27.6 Å². The van der Waals surface area contributed by atoms with Crippen LogP contribution in [0.1, 0.15) is 58.1 Å². The monoisotopic (exact) mass is 645 g/mol. The number of hydrogen-bond acceptors (Lipinski definition) is 8. The van der Waals surface area contributed by atoms with Gasteiger partial charge in [-0.1, -0.05) is 13.0 Å². The SMILES string of the molecule is CCc1c(N2CCN(C(=O)OC(C)(C)C)[C@H](C)C2)c(=O)n2nc(C3=CCOCC3)nc2n1CC(=O)Nc1ccc(C(F)(F)F)cc1. The van der Waals surface area contributed by atoms with Gasteiger partial charge in [0.15, 0.2) is 5.82 Å². The molecule has 2 amide bonds. The van der Waals surface area contributed by atoms with E-state index in [4.69, 9.17) is 9.47 Å². The van der Waals surface area contributed by atoms with Crippen molar-refractivity contribution in [2.24, 2.45) is 0 Å². The molecule has 2 aliphatic heterocycles. The number of halogens is 3. The number of benzene rings is 1. The second-order valence-corrected chi connectivity index (χ2v) is 12.3. The van der Waals surface area contributed by atoms with Crippen LogP contribution in [0.5, 0.6) is 0 Å². The topological polar surface area (TPSA) is 123 Å². The highest BCUT2D eigenvalue weighted by Crippen LogP contribution is 2.30. The van der Waals surface area contributed by atoms with Crippen LogP contribution < -0.4 is 15.8 Å². The lowest BCUT2D eigenvalue weighted by Gasteiger charge is -2.41. The van der Waals surface area contributed by atoms with Crippen molar-refractivity contribution in [3.05, 3.63) is 57.8 Å². The van der Waals surface area contributed by atoms with Crippen LogP contribution in [-0.4, -0.2) is 80.6 Å². The van der Waals surface area contributed by atoms with Crippen molar-refractivity contribution >= 4 is 34.7 Å².